The molecule has 0 radical (unpaired) electrons. The molecule has 2 nitrogen and oxygen atoms in total. The molecule has 0 spiro atoms. The number of benzene rings is 2. The summed E-state index contributed by atoms with van der Waals surface area (Å²) in [4.78, 5) is 0. The molecule has 0 fully saturated rings. The van der Waals surface area contributed by atoms with Gasteiger partial charge in [-0.25, -0.2) is 0 Å². The van der Waals surface area contributed by atoms with Gasteiger partial charge in [0.15, 0.2) is 0 Å². The van der Waals surface area contributed by atoms with Gasteiger partial charge in [-0.3, -0.25) is 0 Å². The zero-order valence-electron chi connectivity index (χ0n) is 10.1. The van der Waals surface area contributed by atoms with E-state index in [9.17, 15) is 0 Å². The number of rotatable bonds is 5. The van der Waals surface area contributed by atoms with Crippen LogP contribution in [0.4, 0.5) is 0 Å². The van der Waals surface area contributed by atoms with Gasteiger partial charge in [0.2, 0.25) is 0 Å². The molecule has 0 aliphatic rings. The number of hydrogen-bond acceptors (Lipinski definition) is 2. The molecule has 2 aromatic rings. The Labute approximate surface area is 107 Å². The second kappa shape index (κ2) is 6.62. The van der Waals surface area contributed by atoms with Crippen LogP contribution < -0.4 is 4.74 Å². The largest absolute Gasteiger partial charge is 0.490 e. The summed E-state index contributed by atoms with van der Waals surface area (Å²) < 4.78 is 5.56. The van der Waals surface area contributed by atoms with E-state index in [2.05, 4.69) is 0 Å². The second-order valence-electron chi connectivity index (χ2n) is 3.93. The lowest BCUT2D eigenvalue weighted by atomic mass is 10.2. The molecular weight excluding hydrogens is 224 g/mol. The number of aliphatic hydroxyl groups is 1. The Hall–Kier alpha value is -2.06. The Morgan fingerprint density at radius 2 is 1.67 bits per heavy atom. The van der Waals surface area contributed by atoms with Crippen LogP contribution in [-0.2, 0) is 6.61 Å². The summed E-state index contributed by atoms with van der Waals surface area (Å²) in [6.07, 6.45) is 4.01. The van der Waals surface area contributed by atoms with Crippen molar-refractivity contribution in [3.05, 3.63) is 71.8 Å². The summed E-state index contributed by atoms with van der Waals surface area (Å²) in [6.45, 7) is 0.599. The summed E-state index contributed by atoms with van der Waals surface area (Å²) in [5.74, 6) is 0.810. The van der Waals surface area contributed by atoms with Crippen molar-refractivity contribution < 1.29 is 9.84 Å². The van der Waals surface area contributed by atoms with Gasteiger partial charge in [0, 0.05) is 0 Å². The summed E-state index contributed by atoms with van der Waals surface area (Å²) in [5.41, 5.74) is 2.05. The minimum Gasteiger partial charge on any atom is -0.490 e. The molecule has 0 aromatic heterocycles. The summed E-state index contributed by atoms with van der Waals surface area (Å²) in [5, 5.41) is 8.92. The molecule has 0 saturated heterocycles. The van der Waals surface area contributed by atoms with Crippen LogP contribution in [0.2, 0.25) is 0 Å². The van der Waals surface area contributed by atoms with Crippen LogP contribution in [0.5, 0.6) is 5.75 Å². The minimum absolute atomic E-state index is 0.0637. The molecule has 0 aliphatic heterocycles. The van der Waals surface area contributed by atoms with Crippen molar-refractivity contribution in [2.75, 3.05) is 6.61 Å². The van der Waals surface area contributed by atoms with E-state index in [4.69, 9.17) is 9.84 Å². The molecule has 0 amide bonds. The summed E-state index contributed by atoms with van der Waals surface area (Å²) in [7, 11) is 0. The van der Waals surface area contributed by atoms with Crippen molar-refractivity contribution in [2.45, 2.75) is 6.61 Å². The van der Waals surface area contributed by atoms with E-state index in [0.29, 0.717) is 6.61 Å². The van der Waals surface area contributed by atoms with E-state index in [-0.39, 0.29) is 6.61 Å². The lowest BCUT2D eigenvalue weighted by Gasteiger charge is -2.03. The smallest absolute Gasteiger partial charge is 0.119 e. The van der Waals surface area contributed by atoms with Crippen molar-refractivity contribution in [1.82, 2.24) is 0 Å². The quantitative estimate of drug-likeness (QED) is 0.869. The predicted octanol–water partition coefficient (Wildman–Crippen LogP) is 3.27. The summed E-state index contributed by atoms with van der Waals surface area (Å²) >= 11 is 0. The summed E-state index contributed by atoms with van der Waals surface area (Å²) in [6, 6.07) is 17.5. The Morgan fingerprint density at radius 3 is 2.33 bits per heavy atom. The van der Waals surface area contributed by atoms with Crippen molar-refractivity contribution in [3.8, 4) is 5.75 Å². The Morgan fingerprint density at radius 1 is 0.944 bits per heavy atom. The molecule has 92 valence electrons. The van der Waals surface area contributed by atoms with Crippen LogP contribution in [0, 0.1) is 0 Å². The maximum atomic E-state index is 8.92. The number of aliphatic hydroxyl groups excluding tert-OH is 1. The van der Waals surface area contributed by atoms with E-state index in [1.54, 1.807) is 0 Å². The maximum Gasteiger partial charge on any atom is 0.119 e. The highest BCUT2D eigenvalue weighted by Gasteiger charge is 1.92. The van der Waals surface area contributed by atoms with Gasteiger partial charge in [0.25, 0.3) is 0 Å². The maximum absolute atomic E-state index is 8.92. The molecular formula is C16H16O2. The van der Waals surface area contributed by atoms with Gasteiger partial charge in [-0.2, -0.15) is 0 Å². The first-order valence-electron chi connectivity index (χ1n) is 5.92. The van der Waals surface area contributed by atoms with Gasteiger partial charge in [-0.05, 0) is 29.3 Å². The Balaban J connectivity index is 1.83. The monoisotopic (exact) mass is 240 g/mol. The zero-order chi connectivity index (χ0) is 12.6. The molecule has 1 N–H and O–H groups in total. The Bertz CT molecular complexity index is 486. The number of hydrogen-bond donors (Lipinski definition) is 1. The van der Waals surface area contributed by atoms with Crippen molar-refractivity contribution in [2.24, 2.45) is 0 Å². The fraction of sp³-hybridized carbons (Fsp3) is 0.125. The van der Waals surface area contributed by atoms with Gasteiger partial charge < -0.3 is 9.84 Å². The first kappa shape index (κ1) is 12.4. The molecule has 2 rings (SSSR count). The standard InChI is InChI=1S/C16H16O2/c17-13-15-8-10-16(11-9-15)18-12-4-7-14-5-2-1-3-6-14/h1-11,17H,12-13H2. The van der Waals surface area contributed by atoms with Gasteiger partial charge in [-0.1, -0.05) is 48.5 Å². The fourth-order valence-corrected chi connectivity index (χ4v) is 1.58. The van der Waals surface area contributed by atoms with Crippen LogP contribution in [0.1, 0.15) is 11.1 Å². The number of ether oxygens (including phenoxy) is 1. The first-order valence-corrected chi connectivity index (χ1v) is 5.92. The van der Waals surface area contributed by atoms with Crippen molar-refractivity contribution in [1.29, 1.82) is 0 Å². The van der Waals surface area contributed by atoms with E-state index in [1.807, 2.05) is 66.7 Å². The molecule has 2 aromatic carbocycles. The highest BCUT2D eigenvalue weighted by molar-refractivity contribution is 5.48. The van der Waals surface area contributed by atoms with E-state index in [0.717, 1.165) is 16.9 Å². The third kappa shape index (κ3) is 3.75. The lowest BCUT2D eigenvalue weighted by Crippen LogP contribution is -1.93. The van der Waals surface area contributed by atoms with E-state index in [1.165, 1.54) is 0 Å². The first-order chi connectivity index (χ1) is 8.88. The predicted molar refractivity (Wildman–Crippen MR) is 73.3 cm³/mol. The lowest BCUT2D eigenvalue weighted by molar-refractivity contribution is 0.281. The molecule has 0 aliphatic carbocycles. The molecule has 0 atom stereocenters. The van der Waals surface area contributed by atoms with Crippen molar-refractivity contribution >= 4 is 6.08 Å². The highest BCUT2D eigenvalue weighted by atomic mass is 16.5. The van der Waals surface area contributed by atoms with Crippen LogP contribution in [-0.4, -0.2) is 11.7 Å². The van der Waals surface area contributed by atoms with E-state index >= 15 is 0 Å². The Kier molecular flexibility index (Phi) is 4.56. The zero-order valence-corrected chi connectivity index (χ0v) is 10.1. The van der Waals surface area contributed by atoms with Crippen LogP contribution in [0.15, 0.2) is 60.7 Å². The van der Waals surface area contributed by atoms with Gasteiger partial charge >= 0.3 is 0 Å². The van der Waals surface area contributed by atoms with Crippen LogP contribution >= 0.6 is 0 Å². The molecule has 2 heteroatoms. The van der Waals surface area contributed by atoms with Crippen molar-refractivity contribution in [3.63, 3.8) is 0 Å². The average molecular weight is 240 g/mol. The van der Waals surface area contributed by atoms with E-state index < -0.39 is 0 Å². The topological polar surface area (TPSA) is 29.5 Å². The van der Waals surface area contributed by atoms with Crippen LogP contribution in [0.25, 0.3) is 6.08 Å². The second-order valence-corrected chi connectivity index (χ2v) is 3.93. The van der Waals surface area contributed by atoms with Gasteiger partial charge in [0.05, 0.1) is 6.61 Å². The molecule has 0 heterocycles. The third-order valence-corrected chi connectivity index (χ3v) is 2.56. The molecule has 0 saturated carbocycles. The van der Waals surface area contributed by atoms with Crippen LogP contribution in [0.3, 0.4) is 0 Å². The molecule has 0 unspecified atom stereocenters. The highest BCUT2D eigenvalue weighted by Crippen LogP contribution is 2.12. The SMILES string of the molecule is OCc1ccc(OCC=Cc2ccccc2)cc1. The fourth-order valence-electron chi connectivity index (χ4n) is 1.58. The normalized spacial score (nSPS) is 10.7. The van der Waals surface area contributed by atoms with Gasteiger partial charge in [-0.15, -0.1) is 0 Å². The minimum atomic E-state index is 0.0637. The average Bonchev–Trinajstić information content (AvgIpc) is 2.45. The third-order valence-electron chi connectivity index (χ3n) is 2.56. The molecule has 18 heavy (non-hydrogen) atoms. The molecule has 0 bridgehead atoms. The van der Waals surface area contributed by atoms with Gasteiger partial charge in [0.1, 0.15) is 12.4 Å².